The summed E-state index contributed by atoms with van der Waals surface area (Å²) in [6, 6.07) is 15.2. The van der Waals surface area contributed by atoms with Crippen LogP contribution in [0.15, 0.2) is 70.1 Å². The third-order valence-electron chi connectivity index (χ3n) is 6.32. The number of oxazole rings is 1. The fourth-order valence-electron chi connectivity index (χ4n) is 4.38. The van der Waals surface area contributed by atoms with E-state index in [0.29, 0.717) is 28.6 Å². The van der Waals surface area contributed by atoms with Gasteiger partial charge in [0.15, 0.2) is 5.76 Å². The van der Waals surface area contributed by atoms with E-state index in [9.17, 15) is 9.59 Å². The van der Waals surface area contributed by atoms with E-state index in [0.717, 1.165) is 48.3 Å². The molecule has 0 unspecified atom stereocenters. The van der Waals surface area contributed by atoms with Crippen molar-refractivity contribution >= 4 is 23.3 Å². The number of anilines is 3. The first-order valence-electron chi connectivity index (χ1n) is 11.7. The van der Waals surface area contributed by atoms with Gasteiger partial charge in [-0.3, -0.25) is 9.59 Å². The molecule has 0 radical (unpaired) electrons. The predicted octanol–water partition coefficient (Wildman–Crippen LogP) is 4.84. The Labute approximate surface area is 202 Å². The second-order valence-corrected chi connectivity index (χ2v) is 8.78. The first-order chi connectivity index (χ1) is 17.0. The summed E-state index contributed by atoms with van der Waals surface area (Å²) in [6.45, 7) is 3.88. The van der Waals surface area contributed by atoms with Crippen LogP contribution in [0.1, 0.15) is 35.2 Å². The monoisotopic (exact) mass is 469 g/mol. The van der Waals surface area contributed by atoms with Gasteiger partial charge in [0.05, 0.1) is 6.20 Å². The normalized spacial score (nSPS) is 13.6. The third kappa shape index (κ3) is 4.82. The van der Waals surface area contributed by atoms with Gasteiger partial charge in [-0.1, -0.05) is 6.07 Å². The van der Waals surface area contributed by atoms with Crippen LogP contribution >= 0.6 is 0 Å². The van der Waals surface area contributed by atoms with Crippen molar-refractivity contribution in [2.75, 3.05) is 23.3 Å². The van der Waals surface area contributed by atoms with E-state index >= 15 is 0 Å². The number of pyridine rings is 1. The van der Waals surface area contributed by atoms with Crippen LogP contribution in [-0.4, -0.2) is 29.0 Å². The van der Waals surface area contributed by atoms with Crippen molar-refractivity contribution in [2.45, 2.75) is 26.2 Å². The average molecular weight is 470 g/mol. The van der Waals surface area contributed by atoms with E-state index in [1.807, 2.05) is 31.2 Å². The maximum Gasteiger partial charge on any atom is 0.299 e. The minimum absolute atomic E-state index is 0.140. The van der Waals surface area contributed by atoms with E-state index in [1.54, 1.807) is 24.5 Å². The van der Waals surface area contributed by atoms with Gasteiger partial charge in [-0.2, -0.15) is 0 Å². The number of nitrogens with zero attached hydrogens (tertiary/aromatic N) is 2. The van der Waals surface area contributed by atoms with Gasteiger partial charge in [0.2, 0.25) is 5.91 Å². The number of carbonyl (C=O) groups is 1. The maximum absolute atomic E-state index is 12.5. The number of nitrogens with two attached hydrogens (primary N) is 1. The zero-order chi connectivity index (χ0) is 24.4. The van der Waals surface area contributed by atoms with Gasteiger partial charge in [0.1, 0.15) is 0 Å². The summed E-state index contributed by atoms with van der Waals surface area (Å²) < 4.78 is 6.05. The van der Waals surface area contributed by atoms with E-state index in [2.05, 4.69) is 32.3 Å². The molecule has 178 valence electrons. The minimum Gasteiger partial charge on any atom is -0.423 e. The molecule has 8 nitrogen and oxygen atoms in total. The summed E-state index contributed by atoms with van der Waals surface area (Å²) in [5.41, 5.74) is 10.6. The van der Waals surface area contributed by atoms with Gasteiger partial charge in [0.25, 0.3) is 11.6 Å². The summed E-state index contributed by atoms with van der Waals surface area (Å²) in [7, 11) is 0. The van der Waals surface area contributed by atoms with Crippen LogP contribution < -0.4 is 21.5 Å². The minimum atomic E-state index is -0.501. The predicted molar refractivity (Wildman–Crippen MR) is 137 cm³/mol. The molecule has 3 heterocycles. The van der Waals surface area contributed by atoms with E-state index < -0.39 is 5.91 Å². The molecular formula is C27H27N5O3. The molecule has 0 atom stereocenters. The van der Waals surface area contributed by atoms with Crippen LogP contribution in [0.25, 0.3) is 22.5 Å². The Hall–Kier alpha value is -4.33. The number of amides is 1. The highest BCUT2D eigenvalue weighted by Gasteiger charge is 2.17. The average Bonchev–Trinajstić information content (AvgIpc) is 3.34. The Morgan fingerprint density at radius 3 is 2.66 bits per heavy atom. The second kappa shape index (κ2) is 9.50. The van der Waals surface area contributed by atoms with Crippen LogP contribution in [0.3, 0.4) is 0 Å². The topological polar surface area (TPSA) is 117 Å². The quantitative estimate of drug-likeness (QED) is 0.372. The molecular weight excluding hydrogens is 442 g/mol. The van der Waals surface area contributed by atoms with Crippen molar-refractivity contribution in [3.05, 3.63) is 82.4 Å². The number of carbonyl (C=O) groups excluding carboxylic acids is 1. The van der Waals surface area contributed by atoms with Crippen molar-refractivity contribution < 1.29 is 9.21 Å². The Kier molecular flexibility index (Phi) is 6.10. The number of benzene rings is 2. The Morgan fingerprint density at radius 2 is 1.89 bits per heavy atom. The summed E-state index contributed by atoms with van der Waals surface area (Å²) in [5.74, 6) is 0.0720. The number of aromatic nitrogens is 2. The van der Waals surface area contributed by atoms with Crippen molar-refractivity contribution in [2.24, 2.45) is 5.73 Å². The third-order valence-corrected chi connectivity index (χ3v) is 6.32. The number of H-pyrrole nitrogens is 1. The van der Waals surface area contributed by atoms with Crippen LogP contribution in [0, 0.1) is 6.92 Å². The van der Waals surface area contributed by atoms with Gasteiger partial charge in [-0.25, -0.2) is 4.98 Å². The molecule has 4 N–H and O–H groups in total. The molecule has 1 aliphatic rings. The fraction of sp³-hybridized carbons (Fsp3) is 0.222. The van der Waals surface area contributed by atoms with E-state index in [1.165, 1.54) is 6.42 Å². The number of rotatable bonds is 6. The lowest BCUT2D eigenvalue weighted by Gasteiger charge is -2.29. The molecule has 0 spiro atoms. The van der Waals surface area contributed by atoms with Gasteiger partial charge in [0, 0.05) is 47.4 Å². The fourth-order valence-corrected chi connectivity index (χ4v) is 4.38. The molecule has 1 saturated heterocycles. The van der Waals surface area contributed by atoms with Crippen LogP contribution in [0.4, 0.5) is 17.4 Å². The largest absolute Gasteiger partial charge is 0.423 e. The molecule has 1 aliphatic heterocycles. The first-order valence-corrected chi connectivity index (χ1v) is 11.7. The Bertz CT molecular complexity index is 1430. The molecule has 5 rings (SSSR count). The molecule has 2 aromatic heterocycles. The number of aryl methyl sites for hydroxylation is 1. The van der Waals surface area contributed by atoms with Crippen molar-refractivity contribution in [1.82, 2.24) is 9.97 Å². The molecule has 4 aromatic rings. The number of hydrogen-bond acceptors (Lipinski definition) is 6. The Morgan fingerprint density at radius 1 is 1.09 bits per heavy atom. The van der Waals surface area contributed by atoms with Crippen molar-refractivity contribution in [1.29, 1.82) is 0 Å². The highest BCUT2D eigenvalue weighted by Crippen LogP contribution is 2.34. The summed E-state index contributed by atoms with van der Waals surface area (Å²) in [6.07, 6.45) is 6.81. The highest BCUT2D eigenvalue weighted by atomic mass is 16.4. The summed E-state index contributed by atoms with van der Waals surface area (Å²) in [5, 5.41) is 3.14. The maximum atomic E-state index is 12.5. The summed E-state index contributed by atoms with van der Waals surface area (Å²) >= 11 is 0. The lowest BCUT2D eigenvalue weighted by atomic mass is 10.0. The van der Waals surface area contributed by atoms with E-state index in [4.69, 9.17) is 10.2 Å². The SMILES string of the molecule is Cc1ccc(C(N)=O)cc1Nc1ncc(-c2cc(-c3ccc[nH]c3=O)cc(N3CCCCC3)c2)o1. The number of aromatic amines is 1. The van der Waals surface area contributed by atoms with Gasteiger partial charge >= 0.3 is 0 Å². The number of hydrogen-bond donors (Lipinski definition) is 3. The molecule has 0 saturated carbocycles. The molecule has 1 amide bonds. The lowest BCUT2D eigenvalue weighted by Crippen LogP contribution is -2.29. The summed E-state index contributed by atoms with van der Waals surface area (Å²) in [4.78, 5) is 33.6. The van der Waals surface area contributed by atoms with Gasteiger partial charge in [-0.05, 0) is 79.8 Å². The van der Waals surface area contributed by atoms with Crippen LogP contribution in [0.5, 0.6) is 0 Å². The molecule has 0 bridgehead atoms. The van der Waals surface area contributed by atoms with Crippen LogP contribution in [-0.2, 0) is 0 Å². The van der Waals surface area contributed by atoms with Gasteiger partial charge in [-0.15, -0.1) is 0 Å². The van der Waals surface area contributed by atoms with E-state index in [-0.39, 0.29) is 5.56 Å². The molecule has 8 heteroatoms. The number of nitrogens with one attached hydrogen (secondary N) is 2. The van der Waals surface area contributed by atoms with Gasteiger partial charge < -0.3 is 25.4 Å². The van der Waals surface area contributed by atoms with Crippen molar-refractivity contribution in [3.8, 4) is 22.5 Å². The first kappa shape index (κ1) is 22.5. The number of primary amides is 1. The zero-order valence-electron chi connectivity index (χ0n) is 19.5. The standard InChI is InChI=1S/C27H27N5O3/c1-17-7-8-18(25(28)33)15-23(17)31-27-30-16-24(35-27)20-12-19(22-6-5-9-29-26(22)34)13-21(14-20)32-10-3-2-4-11-32/h5-9,12-16H,2-4,10-11H2,1H3,(H2,28,33)(H,29,34)(H,30,31). The highest BCUT2D eigenvalue weighted by molar-refractivity contribution is 5.94. The lowest BCUT2D eigenvalue weighted by molar-refractivity contribution is 0.100. The smallest absolute Gasteiger partial charge is 0.299 e. The molecule has 0 aliphatic carbocycles. The molecule has 1 fully saturated rings. The zero-order valence-corrected chi connectivity index (χ0v) is 19.5. The molecule has 35 heavy (non-hydrogen) atoms. The molecule has 2 aromatic carbocycles. The van der Waals surface area contributed by atoms with Crippen LogP contribution in [0.2, 0.25) is 0 Å². The Balaban J connectivity index is 1.52. The van der Waals surface area contributed by atoms with Crippen molar-refractivity contribution in [3.63, 3.8) is 0 Å². The number of piperidine rings is 1. The second-order valence-electron chi connectivity index (χ2n) is 8.78.